The van der Waals surface area contributed by atoms with Crippen molar-refractivity contribution in [3.05, 3.63) is 90.0 Å². The fourth-order valence-electron chi connectivity index (χ4n) is 3.94. The third kappa shape index (κ3) is 9.90. The van der Waals surface area contributed by atoms with Gasteiger partial charge in [0.15, 0.2) is 0 Å². The maximum atomic E-state index is 13.6. The molecule has 3 aromatic rings. The second-order valence-corrected chi connectivity index (χ2v) is 10.3. The van der Waals surface area contributed by atoms with Crippen LogP contribution in [-0.2, 0) is 38.4 Å². The first-order valence-corrected chi connectivity index (χ1v) is 13.0. The van der Waals surface area contributed by atoms with E-state index in [0.29, 0.717) is 5.82 Å². The lowest BCUT2D eigenvalue weighted by Crippen LogP contribution is -2.58. The summed E-state index contributed by atoms with van der Waals surface area (Å²) in [5, 5.41) is 8.03. The number of nitrogens with one attached hydrogen (secondary N) is 4. The average Bonchev–Trinajstić information content (AvgIpc) is 3.41. The Hall–Kier alpha value is -4.67. The Bertz CT molecular complexity index is 1260. The molecule has 40 heavy (non-hydrogen) atoms. The van der Waals surface area contributed by atoms with E-state index in [2.05, 4.69) is 25.9 Å². The predicted molar refractivity (Wildman–Crippen MR) is 149 cm³/mol. The first-order chi connectivity index (χ1) is 19.0. The topological polar surface area (TPSA) is 168 Å². The number of aromatic nitrogens is 2. The van der Waals surface area contributed by atoms with Crippen molar-refractivity contribution in [1.82, 2.24) is 25.9 Å². The number of hydrogen-bond donors (Lipinski definition) is 5. The van der Waals surface area contributed by atoms with E-state index in [1.54, 1.807) is 27.0 Å². The number of amides is 4. The summed E-state index contributed by atoms with van der Waals surface area (Å²) >= 11 is 0. The largest absolute Gasteiger partial charge is 0.444 e. The summed E-state index contributed by atoms with van der Waals surface area (Å²) in [7, 11) is 0. The van der Waals surface area contributed by atoms with E-state index in [1.807, 2.05) is 60.7 Å². The van der Waals surface area contributed by atoms with Crippen LogP contribution in [0, 0.1) is 0 Å². The Kier molecular flexibility index (Phi) is 10.4. The van der Waals surface area contributed by atoms with Gasteiger partial charge < -0.3 is 31.4 Å². The van der Waals surface area contributed by atoms with E-state index < -0.39 is 47.5 Å². The van der Waals surface area contributed by atoms with Crippen molar-refractivity contribution in [2.75, 3.05) is 0 Å². The number of hydrogen-bond acceptors (Lipinski definition) is 6. The lowest BCUT2D eigenvalue weighted by atomic mass is 10.0. The first kappa shape index (κ1) is 29.9. The van der Waals surface area contributed by atoms with E-state index in [1.165, 1.54) is 6.20 Å². The Morgan fingerprint density at radius 2 is 1.30 bits per heavy atom. The zero-order chi connectivity index (χ0) is 29.1. The fourth-order valence-corrected chi connectivity index (χ4v) is 3.94. The monoisotopic (exact) mass is 548 g/mol. The summed E-state index contributed by atoms with van der Waals surface area (Å²) in [5.74, 6) is -1.48. The van der Waals surface area contributed by atoms with E-state index in [9.17, 15) is 19.2 Å². The number of benzene rings is 2. The quantitative estimate of drug-likeness (QED) is 0.231. The van der Waals surface area contributed by atoms with Crippen LogP contribution in [0.5, 0.6) is 0 Å². The van der Waals surface area contributed by atoms with Crippen LogP contribution in [0.3, 0.4) is 0 Å². The van der Waals surface area contributed by atoms with E-state index in [4.69, 9.17) is 10.5 Å². The third-order valence-corrected chi connectivity index (χ3v) is 5.82. The lowest BCUT2D eigenvalue weighted by Gasteiger charge is -2.26. The Morgan fingerprint density at radius 1 is 0.800 bits per heavy atom. The molecule has 0 radical (unpaired) electrons. The van der Waals surface area contributed by atoms with Crippen LogP contribution >= 0.6 is 0 Å². The number of rotatable bonds is 12. The summed E-state index contributed by atoms with van der Waals surface area (Å²) in [5.41, 5.74) is 6.36. The molecule has 1 aromatic heterocycles. The van der Waals surface area contributed by atoms with Gasteiger partial charge >= 0.3 is 6.09 Å². The maximum absolute atomic E-state index is 13.6. The molecule has 11 heteroatoms. The number of H-pyrrole nitrogens is 1. The predicted octanol–water partition coefficient (Wildman–Crippen LogP) is 1.79. The number of alkyl carbamates (subject to hydrolysis) is 1. The molecule has 0 aliphatic heterocycles. The van der Waals surface area contributed by atoms with Crippen molar-refractivity contribution in [2.45, 2.75) is 63.8 Å². The molecule has 3 rings (SSSR count). The third-order valence-electron chi connectivity index (χ3n) is 5.82. The second-order valence-electron chi connectivity index (χ2n) is 10.3. The number of carbonyl (C=O) groups excluding carboxylic acids is 4. The number of aromatic amines is 1. The molecule has 0 saturated carbocycles. The summed E-state index contributed by atoms with van der Waals surface area (Å²) in [4.78, 5) is 58.7. The molecule has 6 N–H and O–H groups in total. The SMILES string of the molecule is CC(C)(C)OC(=O)N[C@@H](Cc1ccccc1)C(=O)N[C@@H](Cc1ccccc1)C(=O)N[C@@H](Cc1ncc[nH]1)C(N)=O. The van der Waals surface area contributed by atoms with Crippen molar-refractivity contribution in [1.29, 1.82) is 0 Å². The summed E-state index contributed by atoms with van der Waals surface area (Å²) in [6.07, 6.45) is 2.70. The van der Waals surface area contributed by atoms with Gasteiger partial charge in [-0.25, -0.2) is 9.78 Å². The lowest BCUT2D eigenvalue weighted by molar-refractivity contribution is -0.132. The molecule has 212 valence electrons. The number of carbonyl (C=O) groups is 4. The van der Waals surface area contributed by atoms with Crippen LogP contribution < -0.4 is 21.7 Å². The van der Waals surface area contributed by atoms with Gasteiger partial charge in [-0.05, 0) is 31.9 Å². The van der Waals surface area contributed by atoms with Crippen LogP contribution in [0.15, 0.2) is 73.1 Å². The highest BCUT2D eigenvalue weighted by atomic mass is 16.6. The number of nitrogens with zero attached hydrogens (tertiary/aromatic N) is 1. The molecule has 4 amide bonds. The van der Waals surface area contributed by atoms with E-state index in [0.717, 1.165) is 11.1 Å². The van der Waals surface area contributed by atoms with Gasteiger partial charge in [0, 0.05) is 31.7 Å². The summed E-state index contributed by atoms with van der Waals surface area (Å²) in [6.45, 7) is 5.16. The Balaban J connectivity index is 1.82. The molecular formula is C29H36N6O5. The highest BCUT2D eigenvalue weighted by Crippen LogP contribution is 2.10. The normalized spacial score (nSPS) is 13.4. The molecule has 0 saturated heterocycles. The molecule has 0 aliphatic carbocycles. The number of nitrogens with two attached hydrogens (primary N) is 1. The molecule has 2 aromatic carbocycles. The van der Waals surface area contributed by atoms with Crippen LogP contribution in [0.4, 0.5) is 4.79 Å². The van der Waals surface area contributed by atoms with Gasteiger partial charge in [-0.15, -0.1) is 0 Å². The van der Waals surface area contributed by atoms with Gasteiger partial charge in [0.1, 0.15) is 29.6 Å². The van der Waals surface area contributed by atoms with Gasteiger partial charge in [0.05, 0.1) is 0 Å². The number of imidazole rings is 1. The minimum atomic E-state index is -1.08. The Labute approximate surface area is 233 Å². The summed E-state index contributed by atoms with van der Waals surface area (Å²) < 4.78 is 5.36. The van der Waals surface area contributed by atoms with Crippen molar-refractivity contribution in [3.63, 3.8) is 0 Å². The molecule has 11 nitrogen and oxygen atoms in total. The molecule has 0 aliphatic rings. The summed E-state index contributed by atoms with van der Waals surface area (Å²) in [6, 6.07) is 15.1. The van der Waals surface area contributed by atoms with Crippen LogP contribution in [0.2, 0.25) is 0 Å². The average molecular weight is 549 g/mol. The van der Waals surface area contributed by atoms with Crippen LogP contribution in [0.1, 0.15) is 37.7 Å². The molecule has 0 bridgehead atoms. The maximum Gasteiger partial charge on any atom is 0.408 e. The first-order valence-electron chi connectivity index (χ1n) is 13.0. The zero-order valence-electron chi connectivity index (χ0n) is 22.8. The van der Waals surface area contributed by atoms with Crippen molar-refractivity contribution in [3.8, 4) is 0 Å². The van der Waals surface area contributed by atoms with Gasteiger partial charge in [0.25, 0.3) is 0 Å². The van der Waals surface area contributed by atoms with E-state index in [-0.39, 0.29) is 19.3 Å². The van der Waals surface area contributed by atoms with Gasteiger partial charge in [-0.3, -0.25) is 14.4 Å². The van der Waals surface area contributed by atoms with Crippen molar-refractivity contribution >= 4 is 23.8 Å². The molecule has 0 spiro atoms. The smallest absolute Gasteiger partial charge is 0.408 e. The minimum Gasteiger partial charge on any atom is -0.444 e. The van der Waals surface area contributed by atoms with Crippen LogP contribution in [0.25, 0.3) is 0 Å². The van der Waals surface area contributed by atoms with Crippen molar-refractivity contribution < 1.29 is 23.9 Å². The number of ether oxygens (including phenoxy) is 1. The molecule has 0 unspecified atom stereocenters. The molecule has 0 fully saturated rings. The standard InChI is InChI=1S/C29H36N6O5/c1-29(2,3)40-28(39)35-23(17-20-12-8-5-9-13-20)27(38)34-22(16-19-10-6-4-7-11-19)26(37)33-21(25(30)36)18-24-31-14-15-32-24/h4-15,21-23H,16-18H2,1-3H3,(H2,30,36)(H,31,32)(H,33,37)(H,34,38)(H,35,39)/t21-,22-,23-/m0/s1. The molecular weight excluding hydrogens is 512 g/mol. The van der Waals surface area contributed by atoms with E-state index >= 15 is 0 Å². The second kappa shape index (κ2) is 13.9. The Morgan fingerprint density at radius 3 is 1.75 bits per heavy atom. The highest BCUT2D eigenvalue weighted by Gasteiger charge is 2.31. The van der Waals surface area contributed by atoms with Crippen LogP contribution in [-0.4, -0.2) is 57.5 Å². The fraction of sp³-hybridized carbons (Fsp3) is 0.345. The highest BCUT2D eigenvalue weighted by molar-refractivity contribution is 5.94. The zero-order valence-corrected chi connectivity index (χ0v) is 22.8. The van der Waals surface area contributed by atoms with Gasteiger partial charge in [-0.1, -0.05) is 60.7 Å². The van der Waals surface area contributed by atoms with Gasteiger partial charge in [-0.2, -0.15) is 0 Å². The number of primary amides is 1. The molecule has 3 atom stereocenters. The van der Waals surface area contributed by atoms with Crippen molar-refractivity contribution in [2.24, 2.45) is 5.73 Å². The molecule has 1 heterocycles. The van der Waals surface area contributed by atoms with Gasteiger partial charge in [0.2, 0.25) is 17.7 Å². The minimum absolute atomic E-state index is 0.0525.